The van der Waals surface area contributed by atoms with Crippen LogP contribution in [0.15, 0.2) is 46.1 Å². The fraction of sp³-hybridized carbons (Fsp3) is 0.500. The van der Waals surface area contributed by atoms with Crippen molar-refractivity contribution in [2.75, 3.05) is 53.6 Å². The summed E-state index contributed by atoms with van der Waals surface area (Å²) in [4.78, 5) is 9.12. The molecule has 2 heterocycles. The second-order valence-corrected chi connectivity index (χ2v) is 6.64. The number of benzene rings is 1. The molecule has 0 saturated carbocycles. The smallest absolute Gasteiger partial charge is 0.194 e. The third-order valence-corrected chi connectivity index (χ3v) is 4.67. The summed E-state index contributed by atoms with van der Waals surface area (Å²) in [5.74, 6) is 1.78. The molecule has 1 fully saturated rings. The molecule has 3 rings (SSSR count). The minimum absolute atomic E-state index is 0. The van der Waals surface area contributed by atoms with E-state index in [0.717, 1.165) is 55.7 Å². The van der Waals surface area contributed by atoms with Crippen molar-refractivity contribution in [1.29, 1.82) is 0 Å². The van der Waals surface area contributed by atoms with E-state index < -0.39 is 0 Å². The van der Waals surface area contributed by atoms with Gasteiger partial charge < -0.3 is 24.2 Å². The van der Waals surface area contributed by atoms with Crippen LogP contribution in [0.25, 0.3) is 0 Å². The number of aromatic nitrogens is 1. The number of hydrogen-bond acceptors (Lipinski definition) is 6. The Bertz CT molecular complexity index is 733. The van der Waals surface area contributed by atoms with E-state index in [4.69, 9.17) is 14.0 Å². The van der Waals surface area contributed by atoms with Gasteiger partial charge in [0.1, 0.15) is 18.6 Å². The number of aliphatic imine (C=N–C) groups is 1. The molecule has 0 bridgehead atoms. The number of ether oxygens (including phenoxy) is 2. The maximum absolute atomic E-state index is 5.68. The molecule has 1 saturated heterocycles. The van der Waals surface area contributed by atoms with Gasteiger partial charge in [-0.05, 0) is 17.7 Å². The summed E-state index contributed by atoms with van der Waals surface area (Å²) >= 11 is 0. The molecule has 2 aromatic rings. The summed E-state index contributed by atoms with van der Waals surface area (Å²) in [7, 11) is 3.50. The lowest BCUT2D eigenvalue weighted by Gasteiger charge is -2.36. The van der Waals surface area contributed by atoms with Gasteiger partial charge in [-0.3, -0.25) is 9.89 Å². The van der Waals surface area contributed by atoms with E-state index in [1.807, 2.05) is 31.3 Å². The average Bonchev–Trinajstić information content (AvgIpc) is 3.23. The highest BCUT2D eigenvalue weighted by atomic mass is 127. The summed E-state index contributed by atoms with van der Waals surface area (Å²) in [6.07, 6.45) is 1.62. The zero-order chi connectivity index (χ0) is 19.6. The Balaban J connectivity index is 0.00000300. The van der Waals surface area contributed by atoms with Crippen LogP contribution in [0.1, 0.15) is 11.3 Å². The van der Waals surface area contributed by atoms with Crippen molar-refractivity contribution in [1.82, 2.24) is 20.3 Å². The van der Waals surface area contributed by atoms with Crippen molar-refractivity contribution >= 4 is 29.9 Å². The number of nitrogens with zero attached hydrogens (tertiary/aromatic N) is 4. The average molecular weight is 515 g/mol. The van der Waals surface area contributed by atoms with Gasteiger partial charge in [0, 0.05) is 59.5 Å². The molecule has 0 amide bonds. The summed E-state index contributed by atoms with van der Waals surface area (Å²) in [6.45, 7) is 6.45. The predicted molar refractivity (Wildman–Crippen MR) is 123 cm³/mol. The topological polar surface area (TPSA) is 75.4 Å². The number of halogens is 1. The number of guanidine groups is 1. The van der Waals surface area contributed by atoms with Crippen molar-refractivity contribution in [3.63, 3.8) is 0 Å². The van der Waals surface area contributed by atoms with E-state index in [1.165, 1.54) is 0 Å². The van der Waals surface area contributed by atoms with Crippen LogP contribution in [0.3, 0.4) is 0 Å². The standard InChI is InChI=1S/C20H29N5O3.HI/c1-21-20(22-15-17-4-3-5-19(14-17)27-13-12-26-2)25-9-7-24(8-10-25)16-18-6-11-28-23-18;/h3-6,11,14H,7-10,12-13,15-16H2,1-2H3,(H,21,22);1H. The monoisotopic (exact) mass is 515 g/mol. The van der Waals surface area contributed by atoms with Gasteiger partial charge in [-0.1, -0.05) is 17.3 Å². The Hall–Kier alpha value is -1.85. The van der Waals surface area contributed by atoms with Crippen LogP contribution in [-0.4, -0.2) is 74.5 Å². The molecule has 8 nitrogen and oxygen atoms in total. The highest BCUT2D eigenvalue weighted by molar-refractivity contribution is 14.0. The highest BCUT2D eigenvalue weighted by Gasteiger charge is 2.20. The molecular formula is C20H30IN5O3. The summed E-state index contributed by atoms with van der Waals surface area (Å²) in [6, 6.07) is 10.0. The van der Waals surface area contributed by atoms with E-state index >= 15 is 0 Å². The van der Waals surface area contributed by atoms with Crippen LogP contribution in [0, 0.1) is 0 Å². The van der Waals surface area contributed by atoms with Gasteiger partial charge in [-0.15, -0.1) is 24.0 Å². The molecule has 0 unspecified atom stereocenters. The zero-order valence-corrected chi connectivity index (χ0v) is 19.4. The molecule has 1 aromatic carbocycles. The van der Waals surface area contributed by atoms with E-state index in [9.17, 15) is 0 Å². The second-order valence-electron chi connectivity index (χ2n) is 6.64. The third kappa shape index (κ3) is 7.48. The third-order valence-electron chi connectivity index (χ3n) is 4.67. The normalized spacial score (nSPS) is 15.1. The molecule has 0 radical (unpaired) electrons. The van der Waals surface area contributed by atoms with Crippen LogP contribution in [0.5, 0.6) is 5.75 Å². The van der Waals surface area contributed by atoms with Crippen LogP contribution >= 0.6 is 24.0 Å². The van der Waals surface area contributed by atoms with E-state index in [-0.39, 0.29) is 24.0 Å². The maximum Gasteiger partial charge on any atom is 0.194 e. The Morgan fingerprint density at radius 2 is 2.03 bits per heavy atom. The maximum atomic E-state index is 5.68. The predicted octanol–water partition coefficient (Wildman–Crippen LogP) is 2.21. The van der Waals surface area contributed by atoms with E-state index in [1.54, 1.807) is 13.4 Å². The lowest BCUT2D eigenvalue weighted by molar-refractivity contribution is 0.146. The first kappa shape index (κ1) is 23.4. The number of piperazine rings is 1. The van der Waals surface area contributed by atoms with Crippen molar-refractivity contribution in [2.24, 2.45) is 4.99 Å². The van der Waals surface area contributed by atoms with Gasteiger partial charge in [0.2, 0.25) is 0 Å². The SMILES string of the molecule is CN=C(NCc1cccc(OCCOC)c1)N1CCN(Cc2ccon2)CC1.I. The first-order valence-electron chi connectivity index (χ1n) is 9.56. The zero-order valence-electron chi connectivity index (χ0n) is 17.0. The molecule has 1 aromatic heterocycles. The van der Waals surface area contributed by atoms with Gasteiger partial charge >= 0.3 is 0 Å². The fourth-order valence-electron chi connectivity index (χ4n) is 3.17. The molecule has 1 aliphatic heterocycles. The Labute approximate surface area is 189 Å². The lowest BCUT2D eigenvalue weighted by atomic mass is 10.2. The van der Waals surface area contributed by atoms with Crippen molar-refractivity contribution < 1.29 is 14.0 Å². The molecule has 29 heavy (non-hydrogen) atoms. The highest BCUT2D eigenvalue weighted by Crippen LogP contribution is 2.13. The largest absolute Gasteiger partial charge is 0.491 e. The number of methoxy groups -OCH3 is 1. The molecule has 160 valence electrons. The minimum atomic E-state index is 0. The molecule has 9 heteroatoms. The first-order chi connectivity index (χ1) is 13.8. The Morgan fingerprint density at radius 1 is 1.21 bits per heavy atom. The Morgan fingerprint density at radius 3 is 2.72 bits per heavy atom. The van der Waals surface area contributed by atoms with Crippen LogP contribution < -0.4 is 10.1 Å². The first-order valence-corrected chi connectivity index (χ1v) is 9.56. The van der Waals surface area contributed by atoms with Crippen molar-refractivity contribution in [3.8, 4) is 5.75 Å². The molecule has 0 aliphatic carbocycles. The summed E-state index contributed by atoms with van der Waals surface area (Å²) in [5, 5.41) is 7.45. The minimum Gasteiger partial charge on any atom is -0.491 e. The quantitative estimate of drug-likeness (QED) is 0.250. The van der Waals surface area contributed by atoms with Crippen molar-refractivity contribution in [2.45, 2.75) is 13.1 Å². The number of rotatable bonds is 8. The van der Waals surface area contributed by atoms with Gasteiger partial charge in [0.15, 0.2) is 5.96 Å². The second kappa shape index (κ2) is 12.7. The van der Waals surface area contributed by atoms with Crippen LogP contribution in [0.2, 0.25) is 0 Å². The molecule has 0 atom stereocenters. The van der Waals surface area contributed by atoms with Crippen LogP contribution in [0.4, 0.5) is 0 Å². The fourth-order valence-corrected chi connectivity index (χ4v) is 3.17. The van der Waals surface area contributed by atoms with Gasteiger partial charge in [-0.2, -0.15) is 0 Å². The van der Waals surface area contributed by atoms with Gasteiger partial charge in [0.05, 0.1) is 12.3 Å². The molecule has 0 spiro atoms. The molecular weight excluding hydrogens is 485 g/mol. The number of nitrogens with one attached hydrogen (secondary N) is 1. The van der Waals surface area contributed by atoms with Gasteiger partial charge in [-0.25, -0.2) is 0 Å². The van der Waals surface area contributed by atoms with Crippen molar-refractivity contribution in [3.05, 3.63) is 47.9 Å². The van der Waals surface area contributed by atoms with Crippen LogP contribution in [-0.2, 0) is 17.8 Å². The molecule has 1 aliphatic rings. The van der Waals surface area contributed by atoms with E-state index in [0.29, 0.717) is 19.8 Å². The Kier molecular flexibility index (Phi) is 10.2. The molecule has 1 N–H and O–H groups in total. The number of hydrogen-bond donors (Lipinski definition) is 1. The lowest BCUT2D eigenvalue weighted by Crippen LogP contribution is -2.52. The van der Waals surface area contributed by atoms with Gasteiger partial charge in [0.25, 0.3) is 0 Å². The summed E-state index contributed by atoms with van der Waals surface area (Å²) in [5.41, 5.74) is 2.13. The summed E-state index contributed by atoms with van der Waals surface area (Å²) < 4.78 is 15.6. The van der Waals surface area contributed by atoms with E-state index in [2.05, 4.69) is 31.3 Å².